The molecule has 0 spiro atoms. The second-order valence-electron chi connectivity index (χ2n) is 3.68. The summed E-state index contributed by atoms with van der Waals surface area (Å²) in [5, 5.41) is 3.01. The number of hydrazine groups is 1. The van der Waals surface area contributed by atoms with E-state index < -0.39 is 0 Å². The Kier molecular flexibility index (Phi) is 4.58. The molecule has 0 aliphatic rings. The maximum Gasteiger partial charge on any atom is 0.152 e. The van der Waals surface area contributed by atoms with Gasteiger partial charge in [0.15, 0.2) is 5.82 Å². The maximum atomic E-state index is 5.48. The third-order valence-electron chi connectivity index (χ3n) is 2.38. The molecular formula is C11H16N4S2. The van der Waals surface area contributed by atoms with Gasteiger partial charge in [-0.05, 0) is 23.6 Å². The molecule has 2 rings (SSSR count). The first-order valence-corrected chi connectivity index (χ1v) is 7.67. The van der Waals surface area contributed by atoms with Crippen molar-refractivity contribution in [1.29, 1.82) is 0 Å². The fourth-order valence-electron chi connectivity index (χ4n) is 1.48. The largest absolute Gasteiger partial charge is 0.308 e. The predicted octanol–water partition coefficient (Wildman–Crippen LogP) is 3.01. The smallest absolute Gasteiger partial charge is 0.152 e. The molecule has 2 aromatic heterocycles. The van der Waals surface area contributed by atoms with Crippen molar-refractivity contribution in [3.8, 4) is 0 Å². The molecule has 0 aliphatic heterocycles. The number of nitrogens with zero attached hydrogens (tertiary/aromatic N) is 2. The van der Waals surface area contributed by atoms with E-state index in [4.69, 9.17) is 5.84 Å². The Morgan fingerprint density at radius 2 is 2.35 bits per heavy atom. The minimum absolute atomic E-state index is 0.724. The van der Waals surface area contributed by atoms with Crippen molar-refractivity contribution < 1.29 is 0 Å². The number of thiophene rings is 1. The van der Waals surface area contributed by atoms with E-state index in [0.29, 0.717) is 0 Å². The monoisotopic (exact) mass is 268 g/mol. The molecule has 0 atom stereocenters. The van der Waals surface area contributed by atoms with E-state index >= 15 is 0 Å². The van der Waals surface area contributed by atoms with Crippen LogP contribution in [0.1, 0.15) is 25.6 Å². The predicted molar refractivity (Wildman–Crippen MR) is 76.3 cm³/mol. The number of nitrogens with one attached hydrogen (secondary N) is 1. The lowest BCUT2D eigenvalue weighted by molar-refractivity contribution is 0.895. The molecule has 3 N–H and O–H groups in total. The molecule has 0 fully saturated rings. The molecule has 6 heteroatoms. The summed E-state index contributed by atoms with van der Waals surface area (Å²) in [4.78, 5) is 9.96. The number of aromatic nitrogens is 2. The normalized spacial score (nSPS) is 10.9. The summed E-state index contributed by atoms with van der Waals surface area (Å²) in [7, 11) is 0. The summed E-state index contributed by atoms with van der Waals surface area (Å²) in [5.41, 5.74) is 2.64. The molecular weight excluding hydrogens is 252 g/mol. The number of hydrogen-bond acceptors (Lipinski definition) is 6. The maximum absolute atomic E-state index is 5.48. The van der Waals surface area contributed by atoms with E-state index in [0.717, 1.165) is 33.4 Å². The summed E-state index contributed by atoms with van der Waals surface area (Å²) >= 11 is 3.49. The number of unbranched alkanes of at least 4 members (excludes halogenated alkanes) is 1. The van der Waals surface area contributed by atoms with E-state index in [1.807, 2.05) is 23.2 Å². The van der Waals surface area contributed by atoms with E-state index in [-0.39, 0.29) is 0 Å². The third kappa shape index (κ3) is 3.08. The van der Waals surface area contributed by atoms with Crippen LogP contribution in [0.3, 0.4) is 0 Å². The van der Waals surface area contributed by atoms with Crippen molar-refractivity contribution in [1.82, 2.24) is 9.97 Å². The van der Waals surface area contributed by atoms with Crippen LogP contribution in [0.25, 0.3) is 10.2 Å². The Morgan fingerprint density at radius 1 is 1.47 bits per heavy atom. The van der Waals surface area contributed by atoms with Crippen molar-refractivity contribution in [3.05, 3.63) is 17.3 Å². The lowest BCUT2D eigenvalue weighted by atomic mass is 10.4. The Balaban J connectivity index is 2.11. The minimum Gasteiger partial charge on any atom is -0.308 e. The quantitative estimate of drug-likeness (QED) is 0.479. The average molecular weight is 268 g/mol. The number of nitrogen functional groups attached to an aromatic ring is 1. The summed E-state index contributed by atoms with van der Waals surface area (Å²) in [6, 6.07) is 1.99. The van der Waals surface area contributed by atoms with Crippen molar-refractivity contribution >= 4 is 39.1 Å². The molecule has 92 valence electrons. The summed E-state index contributed by atoms with van der Waals surface area (Å²) in [6.45, 7) is 2.20. The molecule has 2 aromatic rings. The van der Waals surface area contributed by atoms with Gasteiger partial charge in [0.25, 0.3) is 0 Å². The van der Waals surface area contributed by atoms with Crippen LogP contribution in [-0.2, 0) is 5.75 Å². The molecule has 17 heavy (non-hydrogen) atoms. The first-order valence-electron chi connectivity index (χ1n) is 5.63. The van der Waals surface area contributed by atoms with Gasteiger partial charge in [0.05, 0.1) is 11.1 Å². The van der Waals surface area contributed by atoms with Crippen molar-refractivity contribution in [2.24, 2.45) is 5.84 Å². The highest BCUT2D eigenvalue weighted by atomic mass is 32.2. The van der Waals surface area contributed by atoms with Gasteiger partial charge in [0.1, 0.15) is 10.7 Å². The van der Waals surface area contributed by atoms with Crippen LogP contribution in [0.4, 0.5) is 5.82 Å². The Morgan fingerprint density at radius 3 is 3.12 bits per heavy atom. The first-order chi connectivity index (χ1) is 8.35. The Hall–Kier alpha value is -0.850. The lowest BCUT2D eigenvalue weighted by Crippen LogP contribution is -2.10. The molecule has 0 unspecified atom stereocenters. The number of anilines is 1. The number of thioether (sulfide) groups is 1. The molecule has 0 aliphatic carbocycles. The van der Waals surface area contributed by atoms with Crippen molar-refractivity contribution in [2.75, 3.05) is 11.2 Å². The van der Waals surface area contributed by atoms with Crippen molar-refractivity contribution in [3.63, 3.8) is 0 Å². The van der Waals surface area contributed by atoms with E-state index in [2.05, 4.69) is 22.3 Å². The highest BCUT2D eigenvalue weighted by Gasteiger charge is 2.07. The van der Waals surface area contributed by atoms with Gasteiger partial charge in [-0.1, -0.05) is 13.3 Å². The fourth-order valence-corrected chi connectivity index (χ4v) is 3.22. The Labute approximate surface area is 109 Å². The molecule has 0 saturated carbocycles. The zero-order chi connectivity index (χ0) is 12.1. The van der Waals surface area contributed by atoms with Gasteiger partial charge in [-0.2, -0.15) is 11.8 Å². The zero-order valence-corrected chi connectivity index (χ0v) is 11.4. The first kappa shape index (κ1) is 12.6. The highest BCUT2D eigenvalue weighted by molar-refractivity contribution is 7.98. The lowest BCUT2D eigenvalue weighted by Gasteiger charge is -2.04. The zero-order valence-electron chi connectivity index (χ0n) is 9.77. The Bertz CT molecular complexity index is 483. The summed E-state index contributed by atoms with van der Waals surface area (Å²) in [6.07, 6.45) is 2.47. The molecule has 4 nitrogen and oxygen atoms in total. The number of nitrogens with two attached hydrogens (primary N) is 1. The molecule has 0 aromatic carbocycles. The number of fused-ring (bicyclic) bond motifs is 1. The summed E-state index contributed by atoms with van der Waals surface area (Å²) in [5.74, 6) is 9.07. The van der Waals surface area contributed by atoms with Gasteiger partial charge in [-0.15, -0.1) is 11.3 Å². The summed E-state index contributed by atoms with van der Waals surface area (Å²) < 4.78 is 0. The minimum atomic E-state index is 0.724. The highest BCUT2D eigenvalue weighted by Crippen LogP contribution is 2.25. The van der Waals surface area contributed by atoms with Crippen molar-refractivity contribution in [2.45, 2.75) is 25.5 Å². The molecule has 0 saturated heterocycles. The van der Waals surface area contributed by atoms with Gasteiger partial charge in [-0.25, -0.2) is 15.8 Å². The van der Waals surface area contributed by atoms with Crippen LogP contribution >= 0.6 is 23.1 Å². The third-order valence-corrected chi connectivity index (χ3v) is 4.23. The second kappa shape index (κ2) is 6.18. The van der Waals surface area contributed by atoms with Gasteiger partial charge >= 0.3 is 0 Å². The fraction of sp³-hybridized carbons (Fsp3) is 0.455. The van der Waals surface area contributed by atoms with E-state index in [9.17, 15) is 0 Å². The van der Waals surface area contributed by atoms with Crippen LogP contribution in [0.15, 0.2) is 11.4 Å². The number of hydrogen-bond donors (Lipinski definition) is 2. The van der Waals surface area contributed by atoms with Gasteiger partial charge in [0, 0.05) is 0 Å². The van der Waals surface area contributed by atoms with E-state index in [1.54, 1.807) is 11.3 Å². The molecule has 0 radical (unpaired) electrons. The van der Waals surface area contributed by atoms with Gasteiger partial charge in [-0.3, -0.25) is 0 Å². The molecule has 0 amide bonds. The second-order valence-corrected chi connectivity index (χ2v) is 5.68. The SMILES string of the molecule is CCCCSCc1nc(NN)c2ccsc2n1. The van der Waals surface area contributed by atoms with Crippen LogP contribution in [0, 0.1) is 0 Å². The van der Waals surface area contributed by atoms with Gasteiger partial charge in [0.2, 0.25) is 0 Å². The average Bonchev–Trinajstić information content (AvgIpc) is 2.81. The standard InChI is InChI=1S/C11H16N4S2/c1-2-3-5-16-7-9-13-10(15-12)8-4-6-17-11(8)14-9/h4,6H,2-3,5,7,12H2,1H3,(H,13,14,15). The van der Waals surface area contributed by atoms with Crippen LogP contribution in [-0.4, -0.2) is 15.7 Å². The van der Waals surface area contributed by atoms with Gasteiger partial charge < -0.3 is 5.43 Å². The molecule has 0 bridgehead atoms. The topological polar surface area (TPSA) is 63.8 Å². The van der Waals surface area contributed by atoms with E-state index in [1.165, 1.54) is 12.8 Å². The number of rotatable bonds is 6. The van der Waals surface area contributed by atoms with Crippen LogP contribution in [0.2, 0.25) is 0 Å². The molecule has 2 heterocycles. The van der Waals surface area contributed by atoms with Crippen LogP contribution in [0.5, 0.6) is 0 Å². The van der Waals surface area contributed by atoms with Crippen LogP contribution < -0.4 is 11.3 Å².